The number of carboxylic acids is 1. The molecule has 0 amide bonds. The van der Waals surface area contributed by atoms with Crippen molar-refractivity contribution in [2.45, 2.75) is 90.4 Å². The van der Waals surface area contributed by atoms with Crippen LogP contribution in [0.3, 0.4) is 0 Å². The minimum absolute atomic E-state index is 0.234. The van der Waals surface area contributed by atoms with Crippen LogP contribution in [0, 0.1) is 5.92 Å². The minimum Gasteiger partial charge on any atom is -0.481 e. The summed E-state index contributed by atoms with van der Waals surface area (Å²) in [7, 11) is -4.90. The second-order valence-electron chi connectivity index (χ2n) is 6.45. The highest BCUT2D eigenvalue weighted by Gasteiger charge is 2.26. The zero-order valence-electron chi connectivity index (χ0n) is 15.1. The van der Waals surface area contributed by atoms with Gasteiger partial charge in [-0.1, -0.05) is 77.6 Å². The Kier molecular flexibility index (Phi) is 13.4. The van der Waals surface area contributed by atoms with Gasteiger partial charge in [0, 0.05) is 0 Å². The highest BCUT2D eigenvalue weighted by atomic mass is 32.3. The number of unbranched alkanes of at least 4 members (excludes halogenated alkanes) is 10. The molecule has 0 aliphatic heterocycles. The fraction of sp³-hybridized carbons (Fsp3) is 0.882. The van der Waals surface area contributed by atoms with E-state index in [0.29, 0.717) is 6.42 Å². The molecule has 0 saturated carbocycles. The van der Waals surface area contributed by atoms with Gasteiger partial charge in [-0.15, -0.1) is 0 Å². The van der Waals surface area contributed by atoms with Gasteiger partial charge in [-0.05, 0) is 6.42 Å². The predicted octanol–water partition coefficient (Wildman–Crippen LogP) is 4.12. The summed E-state index contributed by atoms with van der Waals surface area (Å²) in [6.07, 6.45) is 12.1. The first-order valence-electron chi connectivity index (χ1n) is 9.18. The van der Waals surface area contributed by atoms with Gasteiger partial charge in [0.25, 0.3) is 0 Å². The van der Waals surface area contributed by atoms with Gasteiger partial charge >= 0.3 is 22.3 Å². The molecule has 0 aliphatic carbocycles. The lowest BCUT2D eigenvalue weighted by Gasteiger charge is -2.12. The molecule has 0 bridgehead atoms. The van der Waals surface area contributed by atoms with Crippen LogP contribution in [-0.4, -0.2) is 30.0 Å². The van der Waals surface area contributed by atoms with Crippen LogP contribution >= 0.6 is 0 Å². The second kappa shape index (κ2) is 14.1. The van der Waals surface area contributed by atoms with Crippen molar-refractivity contribution in [1.82, 2.24) is 0 Å². The molecule has 0 heterocycles. The molecule has 148 valence electrons. The summed E-state index contributed by atoms with van der Waals surface area (Å²) >= 11 is 0. The van der Waals surface area contributed by atoms with Crippen molar-refractivity contribution in [2.75, 3.05) is 0 Å². The Labute approximate surface area is 151 Å². The van der Waals surface area contributed by atoms with E-state index in [4.69, 9.17) is 9.66 Å². The summed E-state index contributed by atoms with van der Waals surface area (Å²) in [4.78, 5) is 22.3. The second-order valence-corrected chi connectivity index (χ2v) is 7.47. The predicted molar refractivity (Wildman–Crippen MR) is 94.5 cm³/mol. The average molecular weight is 381 g/mol. The van der Waals surface area contributed by atoms with E-state index in [9.17, 15) is 18.0 Å². The van der Waals surface area contributed by atoms with Crippen LogP contribution < -0.4 is 0 Å². The zero-order chi connectivity index (χ0) is 19.1. The molecule has 1 atom stereocenters. The summed E-state index contributed by atoms with van der Waals surface area (Å²) in [5.74, 6) is -3.48. The molecule has 0 radical (unpaired) electrons. The first kappa shape index (κ1) is 23.9. The average Bonchev–Trinajstić information content (AvgIpc) is 2.49. The summed E-state index contributed by atoms with van der Waals surface area (Å²) in [6, 6.07) is 0. The van der Waals surface area contributed by atoms with E-state index >= 15 is 0 Å². The molecule has 0 rings (SSSR count). The van der Waals surface area contributed by atoms with Crippen molar-refractivity contribution >= 4 is 22.3 Å². The third kappa shape index (κ3) is 16.1. The maximum absolute atomic E-state index is 11.6. The SMILES string of the molecule is CCCCCCCCCCCCCC(CC(=O)O)C(=O)OS(=O)(=O)O. The van der Waals surface area contributed by atoms with Gasteiger partial charge in [-0.2, -0.15) is 8.42 Å². The Hall–Kier alpha value is -1.15. The van der Waals surface area contributed by atoms with Crippen molar-refractivity contribution < 1.29 is 31.8 Å². The first-order valence-corrected chi connectivity index (χ1v) is 10.5. The van der Waals surface area contributed by atoms with Crippen molar-refractivity contribution in [3.63, 3.8) is 0 Å². The van der Waals surface area contributed by atoms with Crippen LogP contribution in [0.5, 0.6) is 0 Å². The highest BCUT2D eigenvalue weighted by molar-refractivity contribution is 7.81. The zero-order valence-corrected chi connectivity index (χ0v) is 15.9. The highest BCUT2D eigenvalue weighted by Crippen LogP contribution is 2.18. The number of carbonyl (C=O) groups is 2. The van der Waals surface area contributed by atoms with E-state index in [1.807, 2.05) is 0 Å². The van der Waals surface area contributed by atoms with E-state index < -0.39 is 34.7 Å². The summed E-state index contributed by atoms with van der Waals surface area (Å²) in [5.41, 5.74) is 0. The molecule has 7 nitrogen and oxygen atoms in total. The van der Waals surface area contributed by atoms with Gasteiger partial charge in [0.1, 0.15) is 0 Å². The summed E-state index contributed by atoms with van der Waals surface area (Å²) < 4.78 is 33.5. The van der Waals surface area contributed by atoms with Gasteiger partial charge in [0.2, 0.25) is 0 Å². The fourth-order valence-corrected chi connectivity index (χ4v) is 3.08. The van der Waals surface area contributed by atoms with Crippen molar-refractivity contribution in [3.8, 4) is 0 Å². The van der Waals surface area contributed by atoms with E-state index in [2.05, 4.69) is 11.1 Å². The molecule has 0 aromatic heterocycles. The number of carbonyl (C=O) groups excluding carboxylic acids is 1. The molecule has 0 saturated heterocycles. The molecule has 0 aromatic rings. The van der Waals surface area contributed by atoms with Gasteiger partial charge in [0.05, 0.1) is 12.3 Å². The van der Waals surface area contributed by atoms with Gasteiger partial charge in [-0.25, -0.2) is 0 Å². The van der Waals surface area contributed by atoms with Crippen molar-refractivity contribution in [1.29, 1.82) is 0 Å². The van der Waals surface area contributed by atoms with Crippen LogP contribution in [0.15, 0.2) is 0 Å². The Morgan fingerprint density at radius 3 is 1.72 bits per heavy atom. The van der Waals surface area contributed by atoms with E-state index in [0.717, 1.165) is 19.3 Å². The maximum Gasteiger partial charge on any atom is 0.448 e. The van der Waals surface area contributed by atoms with Gasteiger partial charge < -0.3 is 9.29 Å². The van der Waals surface area contributed by atoms with E-state index in [1.165, 1.54) is 44.9 Å². The van der Waals surface area contributed by atoms with Crippen molar-refractivity contribution in [2.24, 2.45) is 5.92 Å². The smallest absolute Gasteiger partial charge is 0.448 e. The summed E-state index contributed by atoms with van der Waals surface area (Å²) in [6.45, 7) is 2.20. The van der Waals surface area contributed by atoms with Crippen LogP contribution in [-0.2, 0) is 24.2 Å². The third-order valence-corrected chi connectivity index (χ3v) is 4.47. The van der Waals surface area contributed by atoms with E-state index in [-0.39, 0.29) is 6.42 Å². The number of carboxylic acid groups (broad SMARTS) is 1. The molecular weight excluding hydrogens is 348 g/mol. The van der Waals surface area contributed by atoms with Crippen LogP contribution in [0.25, 0.3) is 0 Å². The number of aliphatic carboxylic acids is 1. The van der Waals surface area contributed by atoms with Crippen molar-refractivity contribution in [3.05, 3.63) is 0 Å². The normalized spacial score (nSPS) is 12.7. The lowest BCUT2D eigenvalue weighted by molar-refractivity contribution is -0.146. The number of hydrogen-bond donors (Lipinski definition) is 2. The number of hydrogen-bond acceptors (Lipinski definition) is 5. The molecule has 1 unspecified atom stereocenters. The molecule has 0 spiro atoms. The third-order valence-electron chi connectivity index (χ3n) is 4.10. The summed E-state index contributed by atoms with van der Waals surface area (Å²) in [5, 5.41) is 8.79. The maximum atomic E-state index is 11.6. The van der Waals surface area contributed by atoms with Crippen LogP contribution in [0.4, 0.5) is 0 Å². The lowest BCUT2D eigenvalue weighted by atomic mass is 9.97. The molecule has 25 heavy (non-hydrogen) atoms. The largest absolute Gasteiger partial charge is 0.481 e. The number of rotatable bonds is 16. The van der Waals surface area contributed by atoms with E-state index in [1.54, 1.807) is 0 Å². The Bertz CT molecular complexity index is 473. The molecule has 2 N–H and O–H groups in total. The molecule has 0 aliphatic rings. The lowest BCUT2D eigenvalue weighted by Crippen LogP contribution is -2.23. The van der Waals surface area contributed by atoms with Gasteiger partial charge in [0.15, 0.2) is 0 Å². The standard InChI is InChI=1S/C17H32O7S/c1-2-3-4-5-6-7-8-9-10-11-12-13-15(14-16(18)19)17(20)24-25(21,22)23/h15H,2-14H2,1H3,(H,18,19)(H,21,22,23). The molecule has 8 heteroatoms. The first-order chi connectivity index (χ1) is 11.8. The van der Waals surface area contributed by atoms with Crippen LogP contribution in [0.1, 0.15) is 90.4 Å². The molecular formula is C17H32O7S. The minimum atomic E-state index is -4.90. The Morgan fingerprint density at radius 2 is 1.32 bits per heavy atom. The fourth-order valence-electron chi connectivity index (χ4n) is 2.74. The topological polar surface area (TPSA) is 118 Å². The Balaban J connectivity index is 3.85. The monoisotopic (exact) mass is 380 g/mol. The quantitative estimate of drug-likeness (QED) is 0.305. The van der Waals surface area contributed by atoms with Gasteiger partial charge in [-0.3, -0.25) is 14.1 Å². The van der Waals surface area contributed by atoms with Crippen LogP contribution in [0.2, 0.25) is 0 Å². The Morgan fingerprint density at radius 1 is 0.880 bits per heavy atom. The molecule has 0 aromatic carbocycles. The molecule has 0 fully saturated rings.